The molecule has 0 radical (unpaired) electrons. The van der Waals surface area contributed by atoms with Gasteiger partial charge in [-0.1, -0.05) is 42.6 Å². The number of ether oxygens (including phenoxy) is 1. The van der Waals surface area contributed by atoms with E-state index in [9.17, 15) is 4.79 Å². The number of aldehydes is 1. The molecule has 1 saturated heterocycles. The van der Waals surface area contributed by atoms with Crippen LogP contribution >= 0.6 is 11.6 Å². The van der Waals surface area contributed by atoms with Gasteiger partial charge in [-0.05, 0) is 74.0 Å². The maximum absolute atomic E-state index is 12.2. The van der Waals surface area contributed by atoms with Gasteiger partial charge in [0.25, 0.3) is 0 Å². The molecule has 0 spiro atoms. The first kappa shape index (κ1) is 22.6. The van der Waals surface area contributed by atoms with Crippen LogP contribution in [0, 0.1) is 0 Å². The fourth-order valence-electron chi connectivity index (χ4n) is 4.82. The molecule has 1 atom stereocenters. The Balaban J connectivity index is 1.66. The molecule has 0 amide bonds. The van der Waals surface area contributed by atoms with Crippen LogP contribution in [0.4, 0.5) is 0 Å². The summed E-state index contributed by atoms with van der Waals surface area (Å²) in [4.78, 5) is 19.5. The number of carbonyl (C=O) groups excluding carboxylic acids is 1. The van der Waals surface area contributed by atoms with Gasteiger partial charge in [-0.25, -0.2) is 4.98 Å². The number of hydrogen-bond donors (Lipinski definition) is 0. The first-order chi connectivity index (χ1) is 16.7. The molecule has 34 heavy (non-hydrogen) atoms. The lowest BCUT2D eigenvalue weighted by atomic mass is 10.0. The number of rotatable bonds is 6. The van der Waals surface area contributed by atoms with Crippen molar-refractivity contribution in [1.29, 1.82) is 0 Å². The summed E-state index contributed by atoms with van der Waals surface area (Å²) in [6.07, 6.45) is 7.89. The predicted molar refractivity (Wildman–Crippen MR) is 136 cm³/mol. The summed E-state index contributed by atoms with van der Waals surface area (Å²) < 4.78 is 7.47. The third-order valence-electron chi connectivity index (χ3n) is 6.63. The number of imidazole rings is 1. The molecule has 2 aromatic carbocycles. The molecular formula is C28H28ClN3O2. The second kappa shape index (κ2) is 10.00. The number of halogens is 1. The van der Waals surface area contributed by atoms with E-state index in [4.69, 9.17) is 21.3 Å². The Bertz CT molecular complexity index is 1270. The summed E-state index contributed by atoms with van der Waals surface area (Å²) >= 11 is 6.15. The molecule has 1 fully saturated rings. The van der Waals surface area contributed by atoms with E-state index in [0.717, 1.165) is 71.7 Å². The Morgan fingerprint density at radius 2 is 1.59 bits per heavy atom. The van der Waals surface area contributed by atoms with Crippen molar-refractivity contribution < 1.29 is 9.53 Å². The zero-order chi connectivity index (χ0) is 23.5. The molecule has 0 N–H and O–H groups in total. The van der Waals surface area contributed by atoms with Crippen molar-refractivity contribution in [2.24, 2.45) is 0 Å². The van der Waals surface area contributed by atoms with Crippen molar-refractivity contribution in [1.82, 2.24) is 14.3 Å². The number of methoxy groups -OCH3 is 1. The average Bonchev–Trinajstić information content (AvgIpc) is 3.04. The van der Waals surface area contributed by atoms with Crippen molar-refractivity contribution in [2.45, 2.75) is 31.7 Å². The van der Waals surface area contributed by atoms with E-state index < -0.39 is 0 Å². The first-order valence-electron chi connectivity index (χ1n) is 11.8. The summed E-state index contributed by atoms with van der Waals surface area (Å²) in [7, 11) is 1.66. The second-order valence-corrected chi connectivity index (χ2v) is 9.20. The lowest BCUT2D eigenvalue weighted by molar-refractivity contribution is -0.112. The van der Waals surface area contributed by atoms with Gasteiger partial charge in [-0.2, -0.15) is 0 Å². The van der Waals surface area contributed by atoms with Gasteiger partial charge in [0.15, 0.2) is 0 Å². The van der Waals surface area contributed by atoms with Gasteiger partial charge in [0.2, 0.25) is 0 Å². The summed E-state index contributed by atoms with van der Waals surface area (Å²) in [5.74, 6) is 0.800. The molecule has 0 aliphatic carbocycles. The summed E-state index contributed by atoms with van der Waals surface area (Å²) in [5.41, 5.74) is 5.67. The standard InChI is InChI=1S/C28H28ClN3O2/c1-34-24-13-8-21(9-14-24)28-27(20-6-11-23(29)12-7-20)30-26-15-10-22(18-32(26)28)25(19-33)31-16-4-2-3-5-17-31/h6-15,18-19,25H,2-5,16-17H2,1H3. The van der Waals surface area contributed by atoms with E-state index >= 15 is 0 Å². The normalized spacial score (nSPS) is 15.7. The Hall–Kier alpha value is -3.15. The van der Waals surface area contributed by atoms with Crippen LogP contribution in [0.15, 0.2) is 66.9 Å². The van der Waals surface area contributed by atoms with Crippen molar-refractivity contribution in [3.8, 4) is 28.3 Å². The number of carbonyl (C=O) groups is 1. The van der Waals surface area contributed by atoms with Crippen LogP contribution in [0.25, 0.3) is 28.2 Å². The molecule has 5 nitrogen and oxygen atoms in total. The minimum atomic E-state index is -0.257. The van der Waals surface area contributed by atoms with E-state index in [1.54, 1.807) is 7.11 Å². The molecule has 1 aliphatic rings. The van der Waals surface area contributed by atoms with Crippen molar-refractivity contribution in [3.63, 3.8) is 0 Å². The summed E-state index contributed by atoms with van der Waals surface area (Å²) in [6.45, 7) is 1.90. The molecule has 2 aromatic heterocycles. The number of pyridine rings is 1. The highest BCUT2D eigenvalue weighted by atomic mass is 35.5. The van der Waals surface area contributed by atoms with Crippen molar-refractivity contribution in [2.75, 3.05) is 20.2 Å². The van der Waals surface area contributed by atoms with E-state index in [1.807, 2.05) is 60.7 Å². The molecule has 6 heteroatoms. The molecule has 5 rings (SSSR count). The van der Waals surface area contributed by atoms with Gasteiger partial charge >= 0.3 is 0 Å². The molecule has 3 heterocycles. The lowest BCUT2D eigenvalue weighted by Crippen LogP contribution is -2.30. The lowest BCUT2D eigenvalue weighted by Gasteiger charge is -2.26. The van der Waals surface area contributed by atoms with Crippen molar-refractivity contribution in [3.05, 3.63) is 77.4 Å². The van der Waals surface area contributed by atoms with Crippen LogP contribution < -0.4 is 4.74 Å². The van der Waals surface area contributed by atoms with Crippen LogP contribution in [0.5, 0.6) is 5.75 Å². The molecular weight excluding hydrogens is 446 g/mol. The van der Waals surface area contributed by atoms with E-state index in [0.29, 0.717) is 5.02 Å². The highest BCUT2D eigenvalue weighted by Crippen LogP contribution is 2.35. The summed E-state index contributed by atoms with van der Waals surface area (Å²) in [5, 5.41) is 0.687. The van der Waals surface area contributed by atoms with E-state index in [-0.39, 0.29) is 6.04 Å². The highest BCUT2D eigenvalue weighted by Gasteiger charge is 2.23. The van der Waals surface area contributed by atoms with Gasteiger partial charge < -0.3 is 9.53 Å². The number of fused-ring (bicyclic) bond motifs is 1. The average molecular weight is 474 g/mol. The third kappa shape index (κ3) is 4.46. The number of nitrogens with zero attached hydrogens (tertiary/aromatic N) is 3. The largest absolute Gasteiger partial charge is 0.497 e. The number of likely N-dealkylation sites (tertiary alicyclic amines) is 1. The fourth-order valence-corrected chi connectivity index (χ4v) is 4.94. The maximum Gasteiger partial charge on any atom is 0.141 e. The van der Waals surface area contributed by atoms with Crippen LogP contribution in [0.3, 0.4) is 0 Å². The topological polar surface area (TPSA) is 46.8 Å². The monoisotopic (exact) mass is 473 g/mol. The number of aromatic nitrogens is 2. The SMILES string of the molecule is COc1ccc(-c2c(-c3ccc(Cl)cc3)nc3ccc(C(C=O)N4CCCCCC4)cn23)cc1. The zero-order valence-electron chi connectivity index (χ0n) is 19.3. The molecule has 0 saturated carbocycles. The smallest absolute Gasteiger partial charge is 0.141 e. The van der Waals surface area contributed by atoms with E-state index in [1.165, 1.54) is 12.8 Å². The zero-order valence-corrected chi connectivity index (χ0v) is 20.0. The third-order valence-corrected chi connectivity index (χ3v) is 6.88. The Kier molecular flexibility index (Phi) is 6.66. The minimum Gasteiger partial charge on any atom is -0.497 e. The number of benzene rings is 2. The molecule has 174 valence electrons. The van der Waals surface area contributed by atoms with Crippen LogP contribution in [0.2, 0.25) is 5.02 Å². The Labute approximate surface area is 205 Å². The number of hydrogen-bond acceptors (Lipinski definition) is 4. The second-order valence-electron chi connectivity index (χ2n) is 8.77. The maximum atomic E-state index is 12.2. The van der Waals surface area contributed by atoms with Gasteiger partial charge in [-0.15, -0.1) is 0 Å². The Morgan fingerprint density at radius 3 is 2.24 bits per heavy atom. The van der Waals surface area contributed by atoms with Crippen LogP contribution in [0.1, 0.15) is 37.3 Å². The van der Waals surface area contributed by atoms with Gasteiger partial charge in [0, 0.05) is 22.3 Å². The van der Waals surface area contributed by atoms with Crippen LogP contribution in [-0.4, -0.2) is 40.8 Å². The molecule has 0 bridgehead atoms. The minimum absolute atomic E-state index is 0.257. The Morgan fingerprint density at radius 1 is 0.912 bits per heavy atom. The molecule has 4 aromatic rings. The van der Waals surface area contributed by atoms with Crippen molar-refractivity contribution >= 4 is 23.5 Å². The highest BCUT2D eigenvalue weighted by molar-refractivity contribution is 6.30. The van der Waals surface area contributed by atoms with Crippen LogP contribution in [-0.2, 0) is 4.79 Å². The molecule has 1 aliphatic heterocycles. The summed E-state index contributed by atoms with van der Waals surface area (Å²) in [6, 6.07) is 19.5. The molecule has 1 unspecified atom stereocenters. The van der Waals surface area contributed by atoms with Gasteiger partial charge in [0.05, 0.1) is 24.5 Å². The van der Waals surface area contributed by atoms with E-state index in [2.05, 4.69) is 15.5 Å². The first-order valence-corrected chi connectivity index (χ1v) is 12.2. The van der Waals surface area contributed by atoms with Gasteiger partial charge in [0.1, 0.15) is 17.7 Å². The fraction of sp³-hybridized carbons (Fsp3) is 0.286. The quantitative estimate of drug-likeness (QED) is 0.302. The van der Waals surface area contributed by atoms with Gasteiger partial charge in [-0.3, -0.25) is 9.30 Å². The predicted octanol–water partition coefficient (Wildman–Crippen LogP) is 6.45.